The van der Waals surface area contributed by atoms with Gasteiger partial charge in [0.2, 0.25) is 11.8 Å². The van der Waals surface area contributed by atoms with Gasteiger partial charge in [-0.25, -0.2) is 9.97 Å². The molecular weight excluding hydrogens is 711 g/mol. The van der Waals surface area contributed by atoms with Crippen LogP contribution in [0.5, 0.6) is 0 Å². The van der Waals surface area contributed by atoms with E-state index < -0.39 is 0 Å². The Hall–Kier alpha value is -5.07. The van der Waals surface area contributed by atoms with Gasteiger partial charge >= 0.3 is 0 Å². The lowest BCUT2D eigenvalue weighted by Gasteiger charge is -2.14. The van der Waals surface area contributed by atoms with Gasteiger partial charge in [-0.05, 0) is 48.2 Å². The maximum absolute atomic E-state index is 13.3. The Morgan fingerprint density at radius 3 is 2.08 bits per heavy atom. The zero-order valence-electron chi connectivity index (χ0n) is 29.1. The molecule has 2 aromatic carbocycles. The first-order valence-electron chi connectivity index (χ1n) is 17.8. The summed E-state index contributed by atoms with van der Waals surface area (Å²) in [4.78, 5) is 45.9. The highest BCUT2D eigenvalue weighted by Gasteiger charge is 2.22. The van der Waals surface area contributed by atoms with Crippen LogP contribution >= 0.6 is 23.2 Å². The predicted molar refractivity (Wildman–Crippen MR) is 208 cm³/mol. The summed E-state index contributed by atoms with van der Waals surface area (Å²) < 4.78 is 3.55. The number of carbonyl (C=O) groups is 2. The van der Waals surface area contributed by atoms with Crippen molar-refractivity contribution >= 4 is 51.7 Å². The number of nitrogens with one attached hydrogen (secondary N) is 4. The number of hydrogen-bond donors (Lipinski definition) is 4. The number of carbonyl (C=O) groups excluding carboxylic acids is 2. The van der Waals surface area contributed by atoms with Crippen molar-refractivity contribution in [3.05, 3.63) is 111 Å². The number of amides is 2. The molecule has 0 radical (unpaired) electrons. The molecule has 11 nitrogen and oxygen atoms in total. The van der Waals surface area contributed by atoms with E-state index in [0.29, 0.717) is 53.7 Å². The Morgan fingerprint density at radius 2 is 1.42 bits per heavy atom. The van der Waals surface area contributed by atoms with Gasteiger partial charge in [-0.3, -0.25) is 18.8 Å². The van der Waals surface area contributed by atoms with Crippen molar-refractivity contribution in [3.8, 4) is 33.5 Å². The number of halogens is 2. The maximum atomic E-state index is 13.3. The summed E-state index contributed by atoms with van der Waals surface area (Å²) in [6.07, 6.45) is 8.18. The Labute approximate surface area is 315 Å². The maximum Gasteiger partial charge on any atom is 0.262 e. The fraction of sp³-hybridized carbons (Fsp3) is 0.275. The number of aryl methyl sites for hydroxylation is 1. The molecule has 13 heteroatoms. The first-order valence-corrected chi connectivity index (χ1v) is 18.5. The third-order valence-corrected chi connectivity index (χ3v) is 11.0. The zero-order chi connectivity index (χ0) is 36.6. The molecule has 8 rings (SSSR count). The second-order valence-corrected chi connectivity index (χ2v) is 14.5. The van der Waals surface area contributed by atoms with Crippen LogP contribution in [0.25, 0.3) is 50.2 Å². The van der Waals surface area contributed by atoms with Crippen LogP contribution < -0.4 is 26.8 Å². The molecular formula is C40H38Cl2N8O3. The SMILES string of the molecule is Cn1cc(CNC[C@H]2CCC(=O)N2)c2ccc(-c3cccc(-c4cccc(-c5ccn6c(=O)c(CNC[C@H]7CCC(=O)N7)cnc6c5)c4Cl)c3Cl)nc21. The van der Waals surface area contributed by atoms with Gasteiger partial charge in [-0.15, -0.1) is 0 Å². The molecule has 2 aliphatic rings. The van der Waals surface area contributed by atoms with E-state index in [1.165, 1.54) is 4.40 Å². The van der Waals surface area contributed by atoms with Gasteiger partial charge in [-0.2, -0.15) is 0 Å². The molecule has 53 heavy (non-hydrogen) atoms. The molecule has 2 atom stereocenters. The molecule has 0 bridgehead atoms. The molecule has 4 aromatic heterocycles. The summed E-state index contributed by atoms with van der Waals surface area (Å²) in [6, 6.07) is 19.7. The van der Waals surface area contributed by atoms with Gasteiger partial charge < -0.3 is 25.8 Å². The van der Waals surface area contributed by atoms with Crippen molar-refractivity contribution in [2.45, 2.75) is 50.9 Å². The van der Waals surface area contributed by atoms with Crippen LogP contribution in [0.4, 0.5) is 0 Å². The molecule has 270 valence electrons. The summed E-state index contributed by atoms with van der Waals surface area (Å²) in [7, 11) is 1.98. The van der Waals surface area contributed by atoms with E-state index in [1.54, 1.807) is 12.4 Å². The van der Waals surface area contributed by atoms with Crippen molar-refractivity contribution < 1.29 is 9.59 Å². The van der Waals surface area contributed by atoms with Crippen molar-refractivity contribution in [2.75, 3.05) is 13.1 Å². The van der Waals surface area contributed by atoms with Gasteiger partial charge in [0, 0.05) is 110 Å². The molecule has 6 aromatic rings. The van der Waals surface area contributed by atoms with Crippen LogP contribution in [0.2, 0.25) is 10.0 Å². The third-order valence-electron chi connectivity index (χ3n) is 10.1. The van der Waals surface area contributed by atoms with E-state index in [0.717, 1.165) is 69.5 Å². The Bertz CT molecular complexity index is 2460. The minimum Gasteiger partial charge on any atom is -0.352 e. The number of nitrogens with zero attached hydrogens (tertiary/aromatic N) is 4. The Morgan fingerprint density at radius 1 is 0.792 bits per heavy atom. The average Bonchev–Trinajstić information content (AvgIpc) is 3.87. The number of aromatic nitrogens is 4. The lowest BCUT2D eigenvalue weighted by molar-refractivity contribution is -0.120. The number of pyridine rings is 2. The standard InChI is InChI=1S/C40H38Cl2N8O3/c1-49-22-25(18-44-21-27-9-13-36(52)47-27)29-10-11-33(48-39(29)49)32-7-3-6-31(38(32)42)30-5-2-4-28(37(30)41)23-14-15-50-34(16-23)45-19-24(40(50)53)17-43-20-26-8-12-35(51)46-26/h2-7,10-11,14-16,19,22,26-27,43-44H,8-9,12-13,17-18,20-21H2,1H3,(H,46,51)(H,47,52)/t26-,27-/m1/s1. The van der Waals surface area contributed by atoms with Crippen LogP contribution in [0.15, 0.2) is 84.0 Å². The van der Waals surface area contributed by atoms with Crippen molar-refractivity contribution in [3.63, 3.8) is 0 Å². The second-order valence-electron chi connectivity index (χ2n) is 13.8. The first kappa shape index (κ1) is 35.0. The molecule has 0 unspecified atom stereocenters. The number of fused-ring (bicyclic) bond motifs is 2. The third kappa shape index (κ3) is 7.05. The largest absolute Gasteiger partial charge is 0.352 e. The fourth-order valence-electron chi connectivity index (χ4n) is 7.35. The monoisotopic (exact) mass is 748 g/mol. The highest BCUT2D eigenvalue weighted by molar-refractivity contribution is 6.39. The molecule has 2 aliphatic heterocycles. The topological polar surface area (TPSA) is 134 Å². The Balaban J connectivity index is 1.03. The van der Waals surface area contributed by atoms with Crippen LogP contribution in [-0.2, 0) is 29.7 Å². The van der Waals surface area contributed by atoms with Crippen LogP contribution in [0.1, 0.15) is 36.8 Å². The predicted octanol–water partition coefficient (Wildman–Crippen LogP) is 5.63. The number of hydrogen-bond acceptors (Lipinski definition) is 7. The normalized spacial score (nSPS) is 17.2. The van der Waals surface area contributed by atoms with Gasteiger partial charge in [-0.1, -0.05) is 59.6 Å². The van der Waals surface area contributed by atoms with Gasteiger partial charge in [0.1, 0.15) is 11.3 Å². The molecule has 0 saturated carbocycles. The van der Waals surface area contributed by atoms with Crippen LogP contribution in [-0.4, -0.2) is 55.9 Å². The quantitative estimate of drug-likeness (QED) is 0.135. The minimum atomic E-state index is -0.154. The lowest BCUT2D eigenvalue weighted by Crippen LogP contribution is -2.36. The lowest BCUT2D eigenvalue weighted by atomic mass is 9.97. The Kier molecular flexibility index (Phi) is 9.74. The smallest absolute Gasteiger partial charge is 0.262 e. The van der Waals surface area contributed by atoms with Crippen molar-refractivity contribution in [1.29, 1.82) is 0 Å². The minimum absolute atomic E-state index is 0.0637. The van der Waals surface area contributed by atoms with E-state index >= 15 is 0 Å². The van der Waals surface area contributed by atoms with E-state index in [-0.39, 0.29) is 29.5 Å². The zero-order valence-corrected chi connectivity index (χ0v) is 30.6. The summed E-state index contributed by atoms with van der Waals surface area (Å²) in [5.41, 5.74) is 7.55. The molecule has 0 spiro atoms. The molecule has 2 amide bonds. The fourth-order valence-corrected chi connectivity index (χ4v) is 8.01. The van der Waals surface area contributed by atoms with Gasteiger partial charge in [0.15, 0.2) is 0 Å². The van der Waals surface area contributed by atoms with E-state index in [4.69, 9.17) is 28.2 Å². The van der Waals surface area contributed by atoms with Crippen molar-refractivity contribution in [2.24, 2.45) is 7.05 Å². The molecule has 2 saturated heterocycles. The van der Waals surface area contributed by atoms with E-state index in [9.17, 15) is 14.4 Å². The van der Waals surface area contributed by atoms with E-state index in [2.05, 4.69) is 38.5 Å². The highest BCUT2D eigenvalue weighted by Crippen LogP contribution is 2.42. The van der Waals surface area contributed by atoms with E-state index in [1.807, 2.05) is 66.2 Å². The number of rotatable bonds is 11. The van der Waals surface area contributed by atoms with Gasteiger partial charge in [0.05, 0.1) is 15.7 Å². The summed E-state index contributed by atoms with van der Waals surface area (Å²) >= 11 is 14.3. The molecule has 4 N–H and O–H groups in total. The van der Waals surface area contributed by atoms with Crippen LogP contribution in [0, 0.1) is 0 Å². The molecule has 6 heterocycles. The molecule has 0 aliphatic carbocycles. The number of benzene rings is 2. The second kappa shape index (κ2) is 14.7. The first-order chi connectivity index (χ1) is 25.7. The summed E-state index contributed by atoms with van der Waals surface area (Å²) in [6.45, 7) is 2.34. The summed E-state index contributed by atoms with van der Waals surface area (Å²) in [5.74, 6) is 0.180. The van der Waals surface area contributed by atoms with Crippen LogP contribution in [0.3, 0.4) is 0 Å². The highest BCUT2D eigenvalue weighted by atomic mass is 35.5. The molecule has 2 fully saturated rings. The average molecular weight is 750 g/mol. The summed E-state index contributed by atoms with van der Waals surface area (Å²) in [5, 5.41) is 14.8. The van der Waals surface area contributed by atoms with Crippen molar-refractivity contribution in [1.82, 2.24) is 40.2 Å². The van der Waals surface area contributed by atoms with Gasteiger partial charge in [0.25, 0.3) is 5.56 Å².